The van der Waals surface area contributed by atoms with E-state index in [2.05, 4.69) is 15.1 Å². The first kappa shape index (κ1) is 16.0. The zero-order valence-electron chi connectivity index (χ0n) is 13.1. The molecule has 0 bridgehead atoms. The monoisotopic (exact) mass is 311 g/mol. The van der Waals surface area contributed by atoms with Crippen molar-refractivity contribution in [2.45, 2.75) is 26.5 Å². The molecule has 21 heavy (non-hydrogen) atoms. The highest BCUT2D eigenvalue weighted by atomic mass is 35.5. The lowest BCUT2D eigenvalue weighted by Gasteiger charge is -2.16. The largest absolute Gasteiger partial charge is 0.382 e. The van der Waals surface area contributed by atoms with E-state index < -0.39 is 6.10 Å². The van der Waals surface area contributed by atoms with E-state index in [9.17, 15) is 5.11 Å². The molecule has 0 aliphatic carbocycles. The summed E-state index contributed by atoms with van der Waals surface area (Å²) in [6, 6.07) is 0. The quantitative estimate of drug-likeness (QED) is 0.910. The molecule has 2 aromatic rings. The van der Waals surface area contributed by atoms with Gasteiger partial charge in [-0.1, -0.05) is 11.6 Å². The molecule has 7 heteroatoms. The van der Waals surface area contributed by atoms with E-state index in [1.54, 1.807) is 15.6 Å². The highest BCUT2D eigenvalue weighted by molar-refractivity contribution is 6.31. The molecule has 6 nitrogen and oxygen atoms in total. The van der Waals surface area contributed by atoms with Crippen LogP contribution in [0.25, 0.3) is 0 Å². The van der Waals surface area contributed by atoms with E-state index >= 15 is 0 Å². The van der Waals surface area contributed by atoms with Crippen LogP contribution in [0.3, 0.4) is 0 Å². The molecule has 1 N–H and O–H groups in total. The zero-order chi connectivity index (χ0) is 15.7. The van der Waals surface area contributed by atoms with Gasteiger partial charge in [0.1, 0.15) is 6.10 Å². The number of halogens is 1. The van der Waals surface area contributed by atoms with Gasteiger partial charge in [0.25, 0.3) is 0 Å². The summed E-state index contributed by atoms with van der Waals surface area (Å²) in [6.45, 7) is 5.32. The van der Waals surface area contributed by atoms with Gasteiger partial charge in [-0.25, -0.2) is 0 Å². The van der Waals surface area contributed by atoms with Gasteiger partial charge in [0.2, 0.25) is 0 Å². The summed E-state index contributed by atoms with van der Waals surface area (Å²) in [6.07, 6.45) is 0.757. The molecule has 2 rings (SSSR count). The maximum Gasteiger partial charge on any atom is 0.126 e. The van der Waals surface area contributed by atoms with Crippen LogP contribution in [0.15, 0.2) is 6.20 Å². The SMILES string of the molecule is Cc1nn(C)c(C)c1C(O)c1c(Cl)cnn1CCN(C)C. The Bertz CT molecular complexity index is 632. The second kappa shape index (κ2) is 6.17. The van der Waals surface area contributed by atoms with Gasteiger partial charge in [0.05, 0.1) is 29.2 Å². The number of aliphatic hydroxyl groups excluding tert-OH is 1. The van der Waals surface area contributed by atoms with Crippen molar-refractivity contribution in [1.82, 2.24) is 24.5 Å². The third-order valence-electron chi connectivity index (χ3n) is 3.69. The number of aliphatic hydroxyl groups is 1. The summed E-state index contributed by atoms with van der Waals surface area (Å²) < 4.78 is 3.53. The fraction of sp³-hybridized carbons (Fsp3) is 0.571. The standard InChI is InChI=1S/C14H22ClN5O/c1-9-12(10(2)19(5)17-9)14(21)13-11(15)8-16-20(13)7-6-18(3)4/h8,14,21H,6-7H2,1-5H3. The van der Waals surface area contributed by atoms with Crippen molar-refractivity contribution < 1.29 is 5.11 Å². The van der Waals surface area contributed by atoms with Crippen molar-refractivity contribution in [3.8, 4) is 0 Å². The summed E-state index contributed by atoms with van der Waals surface area (Å²) in [7, 11) is 5.86. The molecular weight excluding hydrogens is 290 g/mol. The van der Waals surface area contributed by atoms with Crippen LogP contribution >= 0.6 is 11.6 Å². The highest BCUT2D eigenvalue weighted by Crippen LogP contribution is 2.31. The Balaban J connectivity index is 2.39. The lowest BCUT2D eigenvalue weighted by molar-refractivity contribution is 0.204. The average Bonchev–Trinajstić information content (AvgIpc) is 2.88. The van der Waals surface area contributed by atoms with E-state index in [0.29, 0.717) is 17.3 Å². The molecule has 0 aliphatic rings. The van der Waals surface area contributed by atoms with Crippen molar-refractivity contribution in [1.29, 1.82) is 0 Å². The molecule has 0 fully saturated rings. The second-order valence-corrected chi connectivity index (χ2v) is 5.92. The lowest BCUT2D eigenvalue weighted by Crippen LogP contribution is -2.21. The number of aryl methyl sites for hydroxylation is 2. The molecule has 1 atom stereocenters. The minimum Gasteiger partial charge on any atom is -0.382 e. The second-order valence-electron chi connectivity index (χ2n) is 5.51. The smallest absolute Gasteiger partial charge is 0.126 e. The molecular formula is C14H22ClN5O. The number of hydrogen-bond donors (Lipinski definition) is 1. The number of likely N-dealkylation sites (N-methyl/N-ethyl adjacent to an activating group) is 1. The average molecular weight is 312 g/mol. The molecule has 0 radical (unpaired) electrons. The Morgan fingerprint density at radius 1 is 1.38 bits per heavy atom. The molecule has 0 saturated carbocycles. The van der Waals surface area contributed by atoms with Crippen molar-refractivity contribution in [2.75, 3.05) is 20.6 Å². The van der Waals surface area contributed by atoms with Gasteiger partial charge >= 0.3 is 0 Å². The molecule has 2 aromatic heterocycles. The Morgan fingerprint density at radius 2 is 2.05 bits per heavy atom. The van der Waals surface area contributed by atoms with Crippen LogP contribution in [0.5, 0.6) is 0 Å². The van der Waals surface area contributed by atoms with Gasteiger partial charge < -0.3 is 10.0 Å². The van der Waals surface area contributed by atoms with E-state index in [4.69, 9.17) is 11.6 Å². The summed E-state index contributed by atoms with van der Waals surface area (Å²) in [5.74, 6) is 0. The number of hydrogen-bond acceptors (Lipinski definition) is 4. The highest BCUT2D eigenvalue weighted by Gasteiger charge is 2.25. The van der Waals surface area contributed by atoms with Gasteiger partial charge in [-0.3, -0.25) is 9.36 Å². The molecule has 2 heterocycles. The summed E-state index contributed by atoms with van der Waals surface area (Å²) in [5, 5.41) is 19.9. The van der Waals surface area contributed by atoms with E-state index in [1.807, 2.05) is 35.0 Å². The van der Waals surface area contributed by atoms with Crippen LogP contribution in [0.2, 0.25) is 5.02 Å². The summed E-state index contributed by atoms with van der Waals surface area (Å²) in [5.41, 5.74) is 3.15. The molecule has 0 amide bonds. The molecule has 1 unspecified atom stereocenters. The van der Waals surface area contributed by atoms with E-state index in [1.165, 1.54) is 0 Å². The summed E-state index contributed by atoms with van der Waals surface area (Å²) >= 11 is 6.23. The Kier molecular flexibility index (Phi) is 4.70. The first-order chi connectivity index (χ1) is 9.82. The normalized spacial score (nSPS) is 13.1. The number of rotatable bonds is 5. The molecule has 0 spiro atoms. The Morgan fingerprint density at radius 3 is 2.57 bits per heavy atom. The van der Waals surface area contributed by atoms with Crippen LogP contribution in [-0.4, -0.2) is 50.2 Å². The van der Waals surface area contributed by atoms with Crippen molar-refractivity contribution in [3.63, 3.8) is 0 Å². The van der Waals surface area contributed by atoms with E-state index in [-0.39, 0.29) is 0 Å². The Hall–Kier alpha value is -1.37. The predicted molar refractivity (Wildman–Crippen MR) is 82.5 cm³/mol. The van der Waals surface area contributed by atoms with Crippen LogP contribution < -0.4 is 0 Å². The van der Waals surface area contributed by atoms with Gasteiger partial charge in [-0.2, -0.15) is 10.2 Å². The third kappa shape index (κ3) is 3.12. The molecule has 116 valence electrons. The first-order valence-electron chi connectivity index (χ1n) is 6.87. The minimum absolute atomic E-state index is 0.476. The fourth-order valence-electron chi connectivity index (χ4n) is 2.44. The van der Waals surface area contributed by atoms with Gasteiger partial charge in [-0.15, -0.1) is 0 Å². The zero-order valence-corrected chi connectivity index (χ0v) is 13.9. The van der Waals surface area contributed by atoms with Crippen molar-refractivity contribution in [3.05, 3.63) is 33.9 Å². The maximum absolute atomic E-state index is 10.8. The topological polar surface area (TPSA) is 59.1 Å². The van der Waals surface area contributed by atoms with Gasteiger partial charge in [-0.05, 0) is 27.9 Å². The van der Waals surface area contributed by atoms with Crippen molar-refractivity contribution >= 4 is 11.6 Å². The molecule has 0 aliphatic heterocycles. The van der Waals surface area contributed by atoms with Crippen molar-refractivity contribution in [2.24, 2.45) is 7.05 Å². The maximum atomic E-state index is 10.8. The minimum atomic E-state index is -0.823. The van der Waals surface area contributed by atoms with Crippen LogP contribution in [-0.2, 0) is 13.6 Å². The fourth-order valence-corrected chi connectivity index (χ4v) is 2.68. The molecule has 0 saturated heterocycles. The molecule has 0 aromatic carbocycles. The van der Waals surface area contributed by atoms with Gasteiger partial charge in [0.15, 0.2) is 0 Å². The number of aromatic nitrogens is 4. The van der Waals surface area contributed by atoms with Gasteiger partial charge in [0, 0.05) is 24.8 Å². The van der Waals surface area contributed by atoms with E-state index in [0.717, 1.165) is 23.5 Å². The van der Waals surface area contributed by atoms with Crippen LogP contribution in [0, 0.1) is 13.8 Å². The van der Waals surface area contributed by atoms with Crippen LogP contribution in [0.1, 0.15) is 28.7 Å². The summed E-state index contributed by atoms with van der Waals surface area (Å²) in [4.78, 5) is 2.06. The Labute approximate surface area is 129 Å². The predicted octanol–water partition coefficient (Wildman–Crippen LogP) is 1.53. The number of nitrogens with zero attached hydrogens (tertiary/aromatic N) is 5. The lowest BCUT2D eigenvalue weighted by atomic mass is 10.0. The van der Waals surface area contributed by atoms with Crippen LogP contribution in [0.4, 0.5) is 0 Å². The third-order valence-corrected chi connectivity index (χ3v) is 3.98. The first-order valence-corrected chi connectivity index (χ1v) is 7.24.